The van der Waals surface area contributed by atoms with Gasteiger partial charge in [-0.25, -0.2) is 0 Å². The molecule has 0 aliphatic heterocycles. The van der Waals surface area contributed by atoms with Crippen molar-refractivity contribution >= 4 is 5.78 Å². The summed E-state index contributed by atoms with van der Waals surface area (Å²) in [5.74, 6) is 0.0396. The molecule has 0 bridgehead atoms. The number of carbonyl (C=O) groups excluding carboxylic acids is 1. The molecule has 4 heteroatoms. The summed E-state index contributed by atoms with van der Waals surface area (Å²) < 4.78 is 0. The molecule has 0 amide bonds. The minimum atomic E-state index is 0.00825. The monoisotopic (exact) mass is 196 g/mol. The van der Waals surface area contributed by atoms with E-state index in [2.05, 4.69) is 4.98 Å². The van der Waals surface area contributed by atoms with Gasteiger partial charge in [0.25, 0.3) is 0 Å². The Labute approximate surface area is 83.5 Å². The van der Waals surface area contributed by atoms with E-state index in [1.807, 2.05) is 18.9 Å². The summed E-state index contributed by atoms with van der Waals surface area (Å²) in [4.78, 5) is 16.3. The second-order valence-corrected chi connectivity index (χ2v) is 3.45. The normalized spacial score (nSPS) is 13.1. The van der Waals surface area contributed by atoms with Gasteiger partial charge >= 0.3 is 0 Å². The lowest BCUT2D eigenvalue weighted by Gasteiger charge is -2.21. The maximum atomic E-state index is 11.6. The number of carbonyl (C=O) groups is 1. The minimum Gasteiger partial charge on any atom is -0.395 e. The first-order valence-electron chi connectivity index (χ1n) is 4.63. The van der Waals surface area contributed by atoms with Gasteiger partial charge in [-0.05, 0) is 26.1 Å². The number of Topliss-reactive ketones (excluding diaryl/α,β-unsaturated/α-hetero) is 1. The smallest absolute Gasteiger partial charge is 0.192 e. The molecule has 1 heterocycles. The molecule has 14 heavy (non-hydrogen) atoms. The lowest BCUT2D eigenvalue weighted by molar-refractivity contribution is 0.0886. The van der Waals surface area contributed by atoms with E-state index in [0.29, 0.717) is 12.2 Å². The Balaban J connectivity index is 2.49. The van der Waals surface area contributed by atoms with E-state index in [1.54, 1.807) is 18.3 Å². The van der Waals surface area contributed by atoms with E-state index >= 15 is 0 Å². The summed E-state index contributed by atoms with van der Waals surface area (Å²) in [6.45, 7) is 2.26. The van der Waals surface area contributed by atoms with Gasteiger partial charge in [-0.3, -0.25) is 9.69 Å². The molecule has 78 valence electrons. The number of aliphatic hydroxyl groups is 1. The summed E-state index contributed by atoms with van der Waals surface area (Å²) in [6, 6.07) is 3.55. The highest BCUT2D eigenvalue weighted by Crippen LogP contribution is 2.00. The van der Waals surface area contributed by atoms with Gasteiger partial charge < -0.3 is 10.1 Å². The zero-order chi connectivity index (χ0) is 10.6. The molecule has 1 aromatic rings. The van der Waals surface area contributed by atoms with Gasteiger partial charge in [-0.2, -0.15) is 0 Å². The van der Waals surface area contributed by atoms with E-state index in [0.717, 1.165) is 0 Å². The van der Waals surface area contributed by atoms with Crippen LogP contribution in [0.4, 0.5) is 0 Å². The van der Waals surface area contributed by atoms with Crippen molar-refractivity contribution in [2.24, 2.45) is 0 Å². The maximum Gasteiger partial charge on any atom is 0.192 e. The number of aliphatic hydroxyl groups excluding tert-OH is 1. The standard InChI is InChI=1S/C10H16N2O2/c1-8(7-13)12(2)6-10(14)9-4-3-5-11-9/h3-5,8,11,13H,6-7H2,1-2H3. The van der Waals surface area contributed by atoms with Crippen LogP contribution in [0.3, 0.4) is 0 Å². The number of likely N-dealkylation sites (N-methyl/N-ethyl adjacent to an activating group) is 1. The number of hydrogen-bond donors (Lipinski definition) is 2. The topological polar surface area (TPSA) is 56.3 Å². The van der Waals surface area contributed by atoms with Crippen LogP contribution in [0.25, 0.3) is 0 Å². The van der Waals surface area contributed by atoms with Gasteiger partial charge in [0.2, 0.25) is 0 Å². The molecule has 0 fully saturated rings. The molecule has 0 saturated heterocycles. The van der Waals surface area contributed by atoms with Gasteiger partial charge in [0.15, 0.2) is 5.78 Å². The van der Waals surface area contributed by atoms with Crippen molar-refractivity contribution in [1.29, 1.82) is 0 Å². The quantitative estimate of drug-likeness (QED) is 0.675. The van der Waals surface area contributed by atoms with Crippen LogP contribution in [0.1, 0.15) is 17.4 Å². The van der Waals surface area contributed by atoms with E-state index < -0.39 is 0 Å². The molecule has 1 atom stereocenters. The van der Waals surface area contributed by atoms with Crippen LogP contribution >= 0.6 is 0 Å². The van der Waals surface area contributed by atoms with Crippen LogP contribution in [0.5, 0.6) is 0 Å². The Bertz CT molecular complexity index is 282. The third kappa shape index (κ3) is 2.68. The summed E-state index contributed by atoms with van der Waals surface area (Å²) in [6.07, 6.45) is 1.72. The SMILES string of the molecule is CC(CO)N(C)CC(=O)c1ccc[nH]1. The summed E-state index contributed by atoms with van der Waals surface area (Å²) in [5, 5.41) is 8.89. The van der Waals surface area contributed by atoms with Crippen molar-refractivity contribution in [2.45, 2.75) is 13.0 Å². The number of aromatic amines is 1. The number of aromatic nitrogens is 1. The molecule has 4 nitrogen and oxygen atoms in total. The first kappa shape index (κ1) is 10.9. The molecular formula is C10H16N2O2. The highest BCUT2D eigenvalue weighted by molar-refractivity contribution is 5.95. The Morgan fingerprint density at radius 1 is 1.71 bits per heavy atom. The zero-order valence-electron chi connectivity index (χ0n) is 8.53. The van der Waals surface area contributed by atoms with Gasteiger partial charge in [0, 0.05) is 12.2 Å². The summed E-state index contributed by atoms with van der Waals surface area (Å²) in [5.41, 5.74) is 0.613. The van der Waals surface area contributed by atoms with Crippen LogP contribution in [-0.2, 0) is 0 Å². The van der Waals surface area contributed by atoms with E-state index in [9.17, 15) is 4.79 Å². The predicted molar refractivity (Wildman–Crippen MR) is 54.3 cm³/mol. The van der Waals surface area contributed by atoms with Crippen LogP contribution in [-0.4, -0.2) is 47.0 Å². The average molecular weight is 196 g/mol. The van der Waals surface area contributed by atoms with Crippen LogP contribution in [0.2, 0.25) is 0 Å². The highest BCUT2D eigenvalue weighted by atomic mass is 16.3. The van der Waals surface area contributed by atoms with Gasteiger partial charge in [0.1, 0.15) is 0 Å². The molecule has 0 spiro atoms. The van der Waals surface area contributed by atoms with Crippen molar-refractivity contribution in [1.82, 2.24) is 9.88 Å². The first-order chi connectivity index (χ1) is 6.65. The fourth-order valence-corrected chi connectivity index (χ4v) is 1.11. The lowest BCUT2D eigenvalue weighted by Crippen LogP contribution is -2.36. The van der Waals surface area contributed by atoms with E-state index in [4.69, 9.17) is 5.11 Å². The van der Waals surface area contributed by atoms with Gasteiger partial charge in [-0.15, -0.1) is 0 Å². The lowest BCUT2D eigenvalue weighted by atomic mass is 10.2. The van der Waals surface area contributed by atoms with Crippen LogP contribution in [0, 0.1) is 0 Å². The third-order valence-corrected chi connectivity index (χ3v) is 2.31. The first-order valence-corrected chi connectivity index (χ1v) is 4.63. The largest absolute Gasteiger partial charge is 0.395 e. The Hall–Kier alpha value is -1.13. The van der Waals surface area contributed by atoms with E-state index in [1.165, 1.54) is 0 Å². The van der Waals surface area contributed by atoms with Crippen molar-refractivity contribution in [3.8, 4) is 0 Å². The predicted octanol–water partition coefficient (Wildman–Crippen LogP) is 0.510. The fourth-order valence-electron chi connectivity index (χ4n) is 1.11. The molecule has 1 unspecified atom stereocenters. The molecule has 0 aliphatic carbocycles. The van der Waals surface area contributed by atoms with Gasteiger partial charge in [0.05, 0.1) is 18.8 Å². The average Bonchev–Trinajstić information content (AvgIpc) is 2.69. The fraction of sp³-hybridized carbons (Fsp3) is 0.500. The Morgan fingerprint density at radius 2 is 2.43 bits per heavy atom. The van der Waals surface area contributed by atoms with Crippen LogP contribution in [0.15, 0.2) is 18.3 Å². The molecule has 2 N–H and O–H groups in total. The number of H-pyrrole nitrogens is 1. The number of nitrogens with zero attached hydrogens (tertiary/aromatic N) is 1. The van der Waals surface area contributed by atoms with Crippen molar-refractivity contribution in [2.75, 3.05) is 20.2 Å². The molecule has 0 saturated carbocycles. The number of nitrogens with one attached hydrogen (secondary N) is 1. The van der Waals surface area contributed by atoms with Gasteiger partial charge in [-0.1, -0.05) is 0 Å². The van der Waals surface area contributed by atoms with Crippen LogP contribution < -0.4 is 0 Å². The summed E-state index contributed by atoms with van der Waals surface area (Å²) >= 11 is 0. The van der Waals surface area contributed by atoms with Crippen molar-refractivity contribution < 1.29 is 9.90 Å². The van der Waals surface area contributed by atoms with E-state index in [-0.39, 0.29) is 18.4 Å². The molecule has 1 aromatic heterocycles. The number of rotatable bonds is 5. The third-order valence-electron chi connectivity index (χ3n) is 2.31. The second kappa shape index (κ2) is 4.93. The number of ketones is 1. The molecular weight excluding hydrogens is 180 g/mol. The molecule has 0 radical (unpaired) electrons. The minimum absolute atomic E-state index is 0.00825. The van der Waals surface area contributed by atoms with Crippen molar-refractivity contribution in [3.63, 3.8) is 0 Å². The number of hydrogen-bond acceptors (Lipinski definition) is 3. The Morgan fingerprint density at radius 3 is 2.93 bits per heavy atom. The Kier molecular flexibility index (Phi) is 3.85. The highest BCUT2D eigenvalue weighted by Gasteiger charge is 2.13. The molecule has 0 aromatic carbocycles. The summed E-state index contributed by atoms with van der Waals surface area (Å²) in [7, 11) is 1.82. The second-order valence-electron chi connectivity index (χ2n) is 3.45. The molecule has 1 rings (SSSR count). The maximum absolute atomic E-state index is 11.6. The van der Waals surface area contributed by atoms with Crippen molar-refractivity contribution in [3.05, 3.63) is 24.0 Å². The zero-order valence-corrected chi connectivity index (χ0v) is 8.53. The molecule has 0 aliphatic rings.